The van der Waals surface area contributed by atoms with Crippen LogP contribution < -0.4 is 10.6 Å². The van der Waals surface area contributed by atoms with Gasteiger partial charge in [0.25, 0.3) is 0 Å². The number of thiazole rings is 2. The number of hydrogen-bond donors (Lipinski definition) is 3. The van der Waals surface area contributed by atoms with Crippen molar-refractivity contribution in [2.45, 2.75) is 6.42 Å². The Morgan fingerprint density at radius 3 is 2.59 bits per heavy atom. The SMILES string of the molecule is O=C(O)c1csc(Nc2ccc(CCNc3nc4ccccc4s3)cc2)n1. The minimum absolute atomic E-state index is 0.0556. The van der Waals surface area contributed by atoms with E-state index >= 15 is 0 Å². The summed E-state index contributed by atoms with van der Waals surface area (Å²) in [5.41, 5.74) is 3.16. The molecule has 0 aliphatic carbocycles. The lowest BCUT2D eigenvalue weighted by Crippen LogP contribution is -2.04. The smallest absolute Gasteiger partial charge is 0.355 e. The molecule has 4 aromatic rings. The van der Waals surface area contributed by atoms with Gasteiger partial charge in [-0.3, -0.25) is 0 Å². The Morgan fingerprint density at radius 1 is 1.04 bits per heavy atom. The largest absolute Gasteiger partial charge is 0.476 e. The number of nitrogens with one attached hydrogen (secondary N) is 2. The van der Waals surface area contributed by atoms with E-state index < -0.39 is 5.97 Å². The van der Waals surface area contributed by atoms with Gasteiger partial charge in [0.15, 0.2) is 16.0 Å². The fraction of sp³-hybridized carbons (Fsp3) is 0.105. The summed E-state index contributed by atoms with van der Waals surface area (Å²) < 4.78 is 1.18. The third kappa shape index (κ3) is 4.24. The highest BCUT2D eigenvalue weighted by molar-refractivity contribution is 7.22. The molecule has 27 heavy (non-hydrogen) atoms. The van der Waals surface area contributed by atoms with Gasteiger partial charge in [-0.1, -0.05) is 35.6 Å². The summed E-state index contributed by atoms with van der Waals surface area (Å²) in [5.74, 6) is -1.02. The van der Waals surface area contributed by atoms with Crippen molar-refractivity contribution in [3.8, 4) is 0 Å². The Bertz CT molecular complexity index is 1040. The zero-order valence-electron chi connectivity index (χ0n) is 14.2. The predicted molar refractivity (Wildman–Crippen MR) is 111 cm³/mol. The van der Waals surface area contributed by atoms with E-state index in [2.05, 4.69) is 26.7 Å². The van der Waals surface area contributed by atoms with Crippen molar-refractivity contribution >= 4 is 54.8 Å². The highest BCUT2D eigenvalue weighted by atomic mass is 32.1. The summed E-state index contributed by atoms with van der Waals surface area (Å²) in [7, 11) is 0. The van der Waals surface area contributed by atoms with Crippen LogP contribution in [-0.2, 0) is 6.42 Å². The molecule has 0 fully saturated rings. The summed E-state index contributed by atoms with van der Waals surface area (Å²) in [4.78, 5) is 19.5. The van der Waals surface area contributed by atoms with E-state index in [0.717, 1.165) is 29.3 Å². The molecule has 0 bridgehead atoms. The van der Waals surface area contributed by atoms with Gasteiger partial charge in [0.05, 0.1) is 10.2 Å². The molecule has 0 spiro atoms. The first kappa shape index (κ1) is 17.4. The number of carboxylic acid groups (broad SMARTS) is 1. The summed E-state index contributed by atoms with van der Waals surface area (Å²) in [6.45, 7) is 0.807. The monoisotopic (exact) mass is 396 g/mol. The van der Waals surface area contributed by atoms with Crippen LogP contribution in [0.3, 0.4) is 0 Å². The maximum Gasteiger partial charge on any atom is 0.355 e. The molecule has 0 radical (unpaired) electrons. The molecule has 4 rings (SSSR count). The number of fused-ring (bicyclic) bond motifs is 1. The molecule has 3 N–H and O–H groups in total. The third-order valence-electron chi connectivity index (χ3n) is 3.91. The average molecular weight is 396 g/mol. The zero-order chi connectivity index (χ0) is 18.6. The number of nitrogens with zero attached hydrogens (tertiary/aromatic N) is 2. The molecule has 0 aliphatic heterocycles. The number of anilines is 3. The number of rotatable bonds is 7. The van der Waals surface area contributed by atoms with E-state index in [0.29, 0.717) is 5.13 Å². The molecule has 0 amide bonds. The highest BCUT2D eigenvalue weighted by Crippen LogP contribution is 2.25. The molecule has 2 aromatic heterocycles. The molecule has 0 unspecified atom stereocenters. The second kappa shape index (κ2) is 7.73. The third-order valence-corrected chi connectivity index (χ3v) is 5.66. The summed E-state index contributed by atoms with van der Waals surface area (Å²) in [6, 6.07) is 16.1. The lowest BCUT2D eigenvalue weighted by Gasteiger charge is -2.06. The molecule has 2 aromatic carbocycles. The predicted octanol–water partition coefficient (Wildman–Crippen LogP) is 4.85. The second-order valence-corrected chi connectivity index (χ2v) is 7.72. The number of carboxylic acids is 1. The average Bonchev–Trinajstić information content (AvgIpc) is 3.29. The van der Waals surface area contributed by atoms with Crippen molar-refractivity contribution in [2.24, 2.45) is 0 Å². The Kier molecular flexibility index (Phi) is 4.99. The number of aromatic carboxylic acids is 1. The fourth-order valence-electron chi connectivity index (χ4n) is 2.57. The molecule has 0 aliphatic rings. The van der Waals surface area contributed by atoms with E-state index in [1.54, 1.807) is 11.3 Å². The zero-order valence-corrected chi connectivity index (χ0v) is 15.8. The van der Waals surface area contributed by atoms with E-state index in [-0.39, 0.29) is 5.69 Å². The van der Waals surface area contributed by atoms with Gasteiger partial charge in [0.1, 0.15) is 0 Å². The molecule has 8 heteroatoms. The van der Waals surface area contributed by atoms with Crippen molar-refractivity contribution < 1.29 is 9.90 Å². The van der Waals surface area contributed by atoms with Crippen LogP contribution in [0.1, 0.15) is 16.1 Å². The number of aromatic nitrogens is 2. The van der Waals surface area contributed by atoms with E-state index in [4.69, 9.17) is 5.11 Å². The first-order valence-electron chi connectivity index (χ1n) is 8.31. The molecule has 0 atom stereocenters. The van der Waals surface area contributed by atoms with Crippen molar-refractivity contribution in [2.75, 3.05) is 17.2 Å². The molecule has 136 valence electrons. The first-order chi connectivity index (χ1) is 13.2. The van der Waals surface area contributed by atoms with Crippen LogP contribution in [0.15, 0.2) is 53.9 Å². The number of para-hydroxylation sites is 1. The van der Waals surface area contributed by atoms with E-state index in [1.807, 2.05) is 42.5 Å². The van der Waals surface area contributed by atoms with Gasteiger partial charge in [-0.25, -0.2) is 14.8 Å². The molecular weight excluding hydrogens is 380 g/mol. The maximum atomic E-state index is 10.9. The quantitative estimate of drug-likeness (QED) is 0.414. The van der Waals surface area contributed by atoms with E-state index in [9.17, 15) is 4.79 Å². The highest BCUT2D eigenvalue weighted by Gasteiger charge is 2.08. The van der Waals surface area contributed by atoms with E-state index in [1.165, 1.54) is 27.0 Å². The molecular formula is C19H16N4O2S2. The van der Waals surface area contributed by atoms with Gasteiger partial charge in [-0.2, -0.15) is 0 Å². The Hall–Kier alpha value is -2.97. The standard InChI is InChI=1S/C19H16N4O2S2/c24-17(25)15-11-26-19(23-15)21-13-7-5-12(6-8-13)9-10-20-18-22-14-3-1-2-4-16(14)27-18/h1-8,11H,9-10H2,(H,20,22)(H,21,23)(H,24,25). The van der Waals surface area contributed by atoms with Crippen molar-refractivity contribution in [1.29, 1.82) is 0 Å². The Morgan fingerprint density at radius 2 is 1.85 bits per heavy atom. The molecule has 0 saturated carbocycles. The summed E-state index contributed by atoms with van der Waals surface area (Å²) in [6.07, 6.45) is 0.886. The lowest BCUT2D eigenvalue weighted by atomic mass is 10.1. The Labute approximate surface area is 163 Å². The fourth-order valence-corrected chi connectivity index (χ4v) is 4.17. The van der Waals surface area contributed by atoms with Crippen LogP contribution in [-0.4, -0.2) is 27.6 Å². The lowest BCUT2D eigenvalue weighted by molar-refractivity contribution is 0.0691. The topological polar surface area (TPSA) is 87.1 Å². The summed E-state index contributed by atoms with van der Waals surface area (Å²) in [5, 5.41) is 18.4. The van der Waals surface area contributed by atoms with Crippen LogP contribution in [0.25, 0.3) is 10.2 Å². The van der Waals surface area contributed by atoms with Crippen LogP contribution in [0, 0.1) is 0 Å². The molecule has 6 nitrogen and oxygen atoms in total. The van der Waals surface area contributed by atoms with Crippen molar-refractivity contribution in [3.05, 3.63) is 65.2 Å². The normalized spacial score (nSPS) is 10.8. The van der Waals surface area contributed by atoms with Crippen molar-refractivity contribution in [3.63, 3.8) is 0 Å². The van der Waals surface area contributed by atoms with Gasteiger partial charge < -0.3 is 15.7 Å². The summed E-state index contributed by atoms with van der Waals surface area (Å²) >= 11 is 2.93. The maximum absolute atomic E-state index is 10.9. The van der Waals surface area contributed by atoms with Crippen LogP contribution >= 0.6 is 22.7 Å². The van der Waals surface area contributed by atoms with Gasteiger partial charge in [-0.15, -0.1) is 11.3 Å². The van der Waals surface area contributed by atoms with Crippen LogP contribution in [0.2, 0.25) is 0 Å². The van der Waals surface area contributed by atoms with Gasteiger partial charge in [0, 0.05) is 17.6 Å². The van der Waals surface area contributed by atoms with Crippen molar-refractivity contribution in [1.82, 2.24) is 9.97 Å². The number of hydrogen-bond acceptors (Lipinski definition) is 7. The number of carbonyl (C=O) groups is 1. The molecule has 0 saturated heterocycles. The van der Waals surface area contributed by atoms with Crippen LogP contribution in [0.5, 0.6) is 0 Å². The van der Waals surface area contributed by atoms with Crippen LogP contribution in [0.4, 0.5) is 16.0 Å². The minimum Gasteiger partial charge on any atom is -0.476 e. The van der Waals surface area contributed by atoms with Gasteiger partial charge in [-0.05, 0) is 36.2 Å². The second-order valence-electron chi connectivity index (χ2n) is 5.83. The minimum atomic E-state index is -1.02. The number of benzene rings is 2. The van der Waals surface area contributed by atoms with Gasteiger partial charge >= 0.3 is 5.97 Å². The molecule has 2 heterocycles. The first-order valence-corrected chi connectivity index (χ1v) is 10.0. The Balaban J connectivity index is 1.31. The van der Waals surface area contributed by atoms with Gasteiger partial charge in [0.2, 0.25) is 0 Å².